The third-order valence-corrected chi connectivity index (χ3v) is 8.96. The highest BCUT2D eigenvalue weighted by Crippen LogP contribution is 2.39. The molecule has 4 aromatic carbocycles. The van der Waals surface area contributed by atoms with Crippen LogP contribution >= 0.6 is 23.4 Å². The number of nitrogens with one attached hydrogen (secondary N) is 1. The lowest BCUT2D eigenvalue weighted by atomic mass is 10.1. The van der Waals surface area contributed by atoms with Gasteiger partial charge in [-0.2, -0.15) is 0 Å². The molecule has 0 unspecified atom stereocenters. The van der Waals surface area contributed by atoms with Crippen molar-refractivity contribution in [3.8, 4) is 17.1 Å². The van der Waals surface area contributed by atoms with Gasteiger partial charge in [0.15, 0.2) is 5.17 Å². The zero-order valence-electron chi connectivity index (χ0n) is 19.7. The highest BCUT2D eigenvalue weighted by atomic mass is 35.5. The number of thioether (sulfide) groups is 1. The first-order chi connectivity index (χ1) is 18.4. The van der Waals surface area contributed by atoms with Gasteiger partial charge in [0, 0.05) is 10.5 Å². The van der Waals surface area contributed by atoms with Gasteiger partial charge >= 0.3 is 0 Å². The topological polar surface area (TPSA) is 93.4 Å². The molecule has 0 amide bonds. The van der Waals surface area contributed by atoms with E-state index in [4.69, 9.17) is 16.6 Å². The molecule has 1 N–H and O–H groups in total. The summed E-state index contributed by atoms with van der Waals surface area (Å²) in [6.07, 6.45) is 0. The Morgan fingerprint density at radius 3 is 2.37 bits per heavy atom. The molecule has 0 fully saturated rings. The monoisotopic (exact) mass is 558 g/mol. The molecule has 188 valence electrons. The molecular formula is C28H19ClN4O3S2. The fraction of sp³-hybridized carbons (Fsp3) is 0.0357. The van der Waals surface area contributed by atoms with Crippen LogP contribution in [0.25, 0.3) is 28.0 Å². The van der Waals surface area contributed by atoms with Crippen LogP contribution in [0.5, 0.6) is 0 Å². The zero-order chi connectivity index (χ0) is 26.3. The Balaban J connectivity index is 1.50. The Labute approximate surface area is 227 Å². The van der Waals surface area contributed by atoms with Crippen molar-refractivity contribution in [1.82, 2.24) is 14.3 Å². The number of aliphatic imine (C=N–C) groups is 1. The summed E-state index contributed by atoms with van der Waals surface area (Å²) in [4.78, 5) is 23.3. The maximum absolute atomic E-state index is 13.6. The van der Waals surface area contributed by atoms with E-state index in [1.165, 1.54) is 22.4 Å². The first kappa shape index (κ1) is 24.4. The van der Waals surface area contributed by atoms with E-state index in [1.807, 2.05) is 48.5 Å². The van der Waals surface area contributed by atoms with Gasteiger partial charge in [-0.05, 0) is 42.0 Å². The van der Waals surface area contributed by atoms with Crippen molar-refractivity contribution in [2.45, 2.75) is 16.3 Å². The molecule has 0 aliphatic carbocycles. The van der Waals surface area contributed by atoms with E-state index in [0.717, 1.165) is 5.56 Å². The van der Waals surface area contributed by atoms with Gasteiger partial charge < -0.3 is 0 Å². The molecule has 6 rings (SSSR count). The highest BCUT2D eigenvalue weighted by Gasteiger charge is 2.30. The number of benzene rings is 4. The summed E-state index contributed by atoms with van der Waals surface area (Å²) in [5.74, 6) is 0.247. The highest BCUT2D eigenvalue weighted by molar-refractivity contribution is 8.16. The van der Waals surface area contributed by atoms with Crippen molar-refractivity contribution >= 4 is 49.5 Å². The van der Waals surface area contributed by atoms with E-state index in [0.29, 0.717) is 33.6 Å². The van der Waals surface area contributed by atoms with Crippen LogP contribution in [0.4, 0.5) is 0 Å². The molecule has 10 heteroatoms. The maximum atomic E-state index is 13.6. The number of fused-ring (bicyclic) bond motifs is 2. The zero-order valence-corrected chi connectivity index (χ0v) is 22.1. The summed E-state index contributed by atoms with van der Waals surface area (Å²) in [6, 6.07) is 28.7. The largest absolute Gasteiger partial charge is 0.268 e. The summed E-state index contributed by atoms with van der Waals surface area (Å²) >= 11 is 7.94. The quantitative estimate of drug-likeness (QED) is 0.308. The third kappa shape index (κ3) is 4.49. The summed E-state index contributed by atoms with van der Waals surface area (Å²) in [6.45, 7) is 0.331. The molecule has 1 aliphatic rings. The predicted octanol–water partition coefficient (Wildman–Crippen LogP) is 5.65. The second-order valence-corrected chi connectivity index (χ2v) is 11.6. The smallest absolute Gasteiger partial charge is 0.266 e. The van der Waals surface area contributed by atoms with Crippen molar-refractivity contribution in [3.63, 3.8) is 0 Å². The van der Waals surface area contributed by atoms with Gasteiger partial charge in [-0.3, -0.25) is 19.1 Å². The van der Waals surface area contributed by atoms with E-state index in [2.05, 4.69) is 9.71 Å². The number of nitrogens with zero attached hydrogens (tertiary/aromatic N) is 3. The van der Waals surface area contributed by atoms with Gasteiger partial charge in [-0.1, -0.05) is 84.0 Å². The van der Waals surface area contributed by atoms with Crippen LogP contribution in [0.15, 0.2) is 117 Å². The number of amidine groups is 1. The number of aromatic nitrogens is 2. The Hall–Kier alpha value is -3.92. The summed E-state index contributed by atoms with van der Waals surface area (Å²) in [5.41, 5.74) is 2.08. The Morgan fingerprint density at radius 2 is 1.61 bits per heavy atom. The SMILES string of the molecule is O=c1c2ccccc2nc(-c2cc3c(cc2Cl)SC(=NCc2ccccc2)NS3(=O)=O)n1-c1ccccc1. The predicted molar refractivity (Wildman–Crippen MR) is 152 cm³/mol. The van der Waals surface area contributed by atoms with E-state index < -0.39 is 10.0 Å². The number of para-hydroxylation sites is 2. The fourth-order valence-corrected chi connectivity index (χ4v) is 7.17. The van der Waals surface area contributed by atoms with E-state index in [9.17, 15) is 13.2 Å². The van der Waals surface area contributed by atoms with Crippen LogP contribution in [-0.4, -0.2) is 23.1 Å². The normalized spacial score (nSPS) is 15.2. The minimum absolute atomic E-state index is 0.0441. The Morgan fingerprint density at radius 1 is 0.921 bits per heavy atom. The second-order valence-electron chi connectivity index (χ2n) is 8.52. The molecule has 2 heterocycles. The molecule has 38 heavy (non-hydrogen) atoms. The van der Waals surface area contributed by atoms with Gasteiger partial charge in [0.05, 0.1) is 28.2 Å². The molecule has 0 saturated carbocycles. The lowest BCUT2D eigenvalue weighted by Crippen LogP contribution is -2.32. The first-order valence-electron chi connectivity index (χ1n) is 11.6. The number of hydrogen-bond acceptors (Lipinski definition) is 6. The number of halogens is 1. The van der Waals surface area contributed by atoms with Crippen LogP contribution in [0.3, 0.4) is 0 Å². The molecule has 1 aromatic heterocycles. The minimum atomic E-state index is -3.95. The fourth-order valence-electron chi connectivity index (χ4n) is 4.23. The maximum Gasteiger partial charge on any atom is 0.266 e. The van der Waals surface area contributed by atoms with Crippen molar-refractivity contribution in [1.29, 1.82) is 0 Å². The van der Waals surface area contributed by atoms with Crippen LogP contribution in [0.1, 0.15) is 5.56 Å². The Bertz CT molecular complexity index is 1890. The average Bonchev–Trinajstić information content (AvgIpc) is 2.92. The molecule has 7 nitrogen and oxygen atoms in total. The molecule has 5 aromatic rings. The van der Waals surface area contributed by atoms with Crippen LogP contribution in [-0.2, 0) is 16.6 Å². The van der Waals surface area contributed by atoms with Crippen molar-refractivity contribution in [2.75, 3.05) is 0 Å². The van der Waals surface area contributed by atoms with E-state index in [-0.39, 0.29) is 26.5 Å². The summed E-state index contributed by atoms with van der Waals surface area (Å²) < 4.78 is 30.6. The van der Waals surface area contributed by atoms with Gasteiger partial charge in [0.1, 0.15) is 10.7 Å². The van der Waals surface area contributed by atoms with E-state index in [1.54, 1.807) is 42.5 Å². The molecule has 0 spiro atoms. The molecular weight excluding hydrogens is 540 g/mol. The van der Waals surface area contributed by atoms with Gasteiger partial charge in [-0.15, -0.1) is 0 Å². The van der Waals surface area contributed by atoms with Gasteiger partial charge in [0.25, 0.3) is 15.6 Å². The average molecular weight is 559 g/mol. The number of sulfonamides is 1. The molecule has 1 aliphatic heterocycles. The molecule has 0 atom stereocenters. The molecule has 0 radical (unpaired) electrons. The third-order valence-electron chi connectivity index (χ3n) is 6.03. The standard InChI is InChI=1S/C28H19ClN4O3S2/c29-22-16-24-25(38(35,36)32-28(37-24)30-17-18-9-3-1-4-10-18)15-21(22)26-31-23-14-8-7-13-20(23)27(34)33(26)19-11-5-2-6-12-19/h1-16H,17H2,(H,30,32). The minimum Gasteiger partial charge on any atom is -0.268 e. The molecule has 0 bridgehead atoms. The molecule has 0 saturated heterocycles. The lowest BCUT2D eigenvalue weighted by molar-refractivity contribution is 0.590. The number of rotatable bonds is 4. The van der Waals surface area contributed by atoms with Gasteiger partial charge in [0.2, 0.25) is 0 Å². The van der Waals surface area contributed by atoms with Crippen LogP contribution < -0.4 is 10.3 Å². The second kappa shape index (κ2) is 9.75. The van der Waals surface area contributed by atoms with Gasteiger partial charge in [-0.25, -0.2) is 13.4 Å². The first-order valence-corrected chi connectivity index (χ1v) is 14.3. The Kier molecular flexibility index (Phi) is 6.27. The van der Waals surface area contributed by atoms with Crippen molar-refractivity contribution in [3.05, 3.63) is 118 Å². The number of hydrogen-bond donors (Lipinski definition) is 1. The van der Waals surface area contributed by atoms with Crippen LogP contribution in [0.2, 0.25) is 5.02 Å². The lowest BCUT2D eigenvalue weighted by Gasteiger charge is -2.21. The summed E-state index contributed by atoms with van der Waals surface area (Å²) in [7, 11) is -3.95. The van der Waals surface area contributed by atoms with Crippen molar-refractivity contribution < 1.29 is 8.42 Å². The van der Waals surface area contributed by atoms with Crippen molar-refractivity contribution in [2.24, 2.45) is 4.99 Å². The van der Waals surface area contributed by atoms with Crippen LogP contribution in [0, 0.1) is 0 Å². The van der Waals surface area contributed by atoms with E-state index >= 15 is 0 Å². The summed E-state index contributed by atoms with van der Waals surface area (Å²) in [5, 5.41) is 0.969.